The third-order valence-corrected chi connectivity index (χ3v) is 3.90. The van der Waals surface area contributed by atoms with Crippen molar-refractivity contribution in [1.82, 2.24) is 4.90 Å². The Morgan fingerprint density at radius 3 is 2.69 bits per heavy atom. The quantitative estimate of drug-likeness (QED) is 0.603. The Hall–Kier alpha value is -0.790. The first-order valence-electron chi connectivity index (χ1n) is 5.13. The molecular formula is C11H17NO. The minimum Gasteiger partial charge on any atom is -0.330 e. The van der Waals surface area contributed by atoms with Gasteiger partial charge in [-0.25, -0.2) is 0 Å². The van der Waals surface area contributed by atoms with Gasteiger partial charge in [-0.15, -0.1) is 0 Å². The molecule has 0 N–H and O–H groups in total. The average Bonchev–Trinajstić information content (AvgIpc) is 2.64. The van der Waals surface area contributed by atoms with Crippen LogP contribution in [0.1, 0.15) is 40.0 Å². The predicted octanol–water partition coefficient (Wildman–Crippen LogP) is 2.11. The minimum atomic E-state index is 0.112. The molecule has 0 saturated carbocycles. The first-order chi connectivity index (χ1) is 6.13. The Bertz CT molecular complexity index is 292. The van der Waals surface area contributed by atoms with Crippen molar-refractivity contribution in [3.05, 3.63) is 11.1 Å². The number of nitrogens with zero attached hydrogens (tertiary/aromatic N) is 1. The molecule has 2 aliphatic rings. The molecule has 2 rings (SSSR count). The van der Waals surface area contributed by atoms with Gasteiger partial charge in [0, 0.05) is 12.1 Å². The smallest absolute Gasteiger partial charge is 0.250 e. The van der Waals surface area contributed by atoms with Gasteiger partial charge in [-0.05, 0) is 38.7 Å². The third-order valence-electron chi connectivity index (χ3n) is 3.90. The molecule has 72 valence electrons. The highest BCUT2D eigenvalue weighted by Gasteiger charge is 2.49. The van der Waals surface area contributed by atoms with Crippen LogP contribution < -0.4 is 0 Å². The number of hydrogen-bond donors (Lipinski definition) is 0. The van der Waals surface area contributed by atoms with E-state index < -0.39 is 0 Å². The molecule has 0 aromatic rings. The number of amides is 1. The fourth-order valence-corrected chi connectivity index (χ4v) is 2.91. The van der Waals surface area contributed by atoms with Crippen LogP contribution in [-0.4, -0.2) is 22.9 Å². The van der Waals surface area contributed by atoms with Crippen molar-refractivity contribution >= 4 is 5.91 Å². The molecule has 1 saturated heterocycles. The Kier molecular flexibility index (Phi) is 1.76. The predicted molar refractivity (Wildman–Crippen MR) is 52.3 cm³/mol. The molecule has 0 aliphatic carbocycles. The fourth-order valence-electron chi connectivity index (χ4n) is 2.91. The summed E-state index contributed by atoms with van der Waals surface area (Å²) in [6, 6.07) is 0. The molecule has 2 heterocycles. The summed E-state index contributed by atoms with van der Waals surface area (Å²) in [4.78, 5) is 13.9. The molecule has 0 radical (unpaired) electrons. The summed E-state index contributed by atoms with van der Waals surface area (Å²) in [5.74, 6) is 0.275. The van der Waals surface area contributed by atoms with E-state index in [1.54, 1.807) is 0 Å². The number of carbonyl (C=O) groups is 1. The summed E-state index contributed by atoms with van der Waals surface area (Å²) >= 11 is 0. The van der Waals surface area contributed by atoms with Gasteiger partial charge in [0.2, 0.25) is 5.91 Å². The highest BCUT2D eigenvalue weighted by atomic mass is 16.2. The van der Waals surface area contributed by atoms with Crippen molar-refractivity contribution in [2.24, 2.45) is 0 Å². The monoisotopic (exact) mass is 179 g/mol. The van der Waals surface area contributed by atoms with Gasteiger partial charge in [-0.3, -0.25) is 4.79 Å². The lowest BCUT2D eigenvalue weighted by Crippen LogP contribution is -2.42. The molecule has 13 heavy (non-hydrogen) atoms. The first-order valence-corrected chi connectivity index (χ1v) is 5.13. The van der Waals surface area contributed by atoms with Crippen LogP contribution in [0.3, 0.4) is 0 Å². The molecule has 1 fully saturated rings. The second-order valence-corrected chi connectivity index (χ2v) is 4.20. The molecule has 0 aromatic heterocycles. The molecule has 1 atom stereocenters. The van der Waals surface area contributed by atoms with Crippen LogP contribution in [0.4, 0.5) is 0 Å². The summed E-state index contributed by atoms with van der Waals surface area (Å²) in [6.45, 7) is 7.24. The van der Waals surface area contributed by atoms with Gasteiger partial charge < -0.3 is 4.90 Å². The maximum atomic E-state index is 11.8. The van der Waals surface area contributed by atoms with Crippen LogP contribution >= 0.6 is 0 Å². The molecular weight excluding hydrogens is 162 g/mol. The van der Waals surface area contributed by atoms with Gasteiger partial charge in [-0.2, -0.15) is 0 Å². The van der Waals surface area contributed by atoms with Gasteiger partial charge in [0.25, 0.3) is 0 Å². The zero-order chi connectivity index (χ0) is 9.64. The zero-order valence-corrected chi connectivity index (χ0v) is 8.68. The summed E-state index contributed by atoms with van der Waals surface area (Å²) in [5.41, 5.74) is 2.42. The molecule has 0 aromatic carbocycles. The highest BCUT2D eigenvalue weighted by molar-refractivity contribution is 5.98. The van der Waals surface area contributed by atoms with Gasteiger partial charge in [0.15, 0.2) is 0 Å². The van der Waals surface area contributed by atoms with Gasteiger partial charge >= 0.3 is 0 Å². The van der Waals surface area contributed by atoms with E-state index in [4.69, 9.17) is 0 Å². The van der Waals surface area contributed by atoms with Crippen molar-refractivity contribution in [3.63, 3.8) is 0 Å². The van der Waals surface area contributed by atoms with Gasteiger partial charge in [0.05, 0.1) is 5.54 Å². The molecule has 0 bridgehead atoms. The molecule has 2 heteroatoms. The summed E-state index contributed by atoms with van der Waals surface area (Å²) in [7, 11) is 0. The number of hydrogen-bond acceptors (Lipinski definition) is 1. The zero-order valence-electron chi connectivity index (χ0n) is 8.68. The Labute approximate surface area is 79.6 Å². The lowest BCUT2D eigenvalue weighted by molar-refractivity contribution is -0.128. The standard InChI is InChI=1S/C11H17NO/c1-4-11-6-5-7-12(11)10(13)8(2)9(11)3/h4-7H2,1-3H3. The molecule has 1 amide bonds. The first kappa shape index (κ1) is 8.79. The van der Waals surface area contributed by atoms with E-state index in [9.17, 15) is 4.79 Å². The van der Waals surface area contributed by atoms with Crippen molar-refractivity contribution < 1.29 is 4.79 Å². The van der Waals surface area contributed by atoms with Gasteiger partial charge in [0.1, 0.15) is 0 Å². The number of fused-ring (bicyclic) bond motifs is 1. The molecule has 2 aliphatic heterocycles. The average molecular weight is 179 g/mol. The van der Waals surface area contributed by atoms with Crippen molar-refractivity contribution in [2.45, 2.75) is 45.6 Å². The van der Waals surface area contributed by atoms with Crippen molar-refractivity contribution in [3.8, 4) is 0 Å². The number of rotatable bonds is 1. The SMILES string of the molecule is CCC12CCCN1C(=O)C(C)=C2C. The van der Waals surface area contributed by atoms with E-state index in [0.717, 1.165) is 18.5 Å². The van der Waals surface area contributed by atoms with Crippen molar-refractivity contribution in [1.29, 1.82) is 0 Å². The van der Waals surface area contributed by atoms with E-state index in [0.29, 0.717) is 0 Å². The fraction of sp³-hybridized carbons (Fsp3) is 0.727. The molecule has 2 nitrogen and oxygen atoms in total. The maximum Gasteiger partial charge on any atom is 0.250 e. The van der Waals surface area contributed by atoms with Crippen LogP contribution in [0.5, 0.6) is 0 Å². The molecule has 1 unspecified atom stereocenters. The normalized spacial score (nSPS) is 33.2. The topological polar surface area (TPSA) is 20.3 Å². The van der Waals surface area contributed by atoms with E-state index in [-0.39, 0.29) is 11.4 Å². The van der Waals surface area contributed by atoms with Crippen LogP contribution in [0.25, 0.3) is 0 Å². The largest absolute Gasteiger partial charge is 0.330 e. The lowest BCUT2D eigenvalue weighted by Gasteiger charge is -2.33. The van der Waals surface area contributed by atoms with Crippen LogP contribution in [0, 0.1) is 0 Å². The summed E-state index contributed by atoms with van der Waals surface area (Å²) < 4.78 is 0. The van der Waals surface area contributed by atoms with E-state index >= 15 is 0 Å². The Balaban J connectivity index is 2.49. The van der Waals surface area contributed by atoms with Crippen LogP contribution in [0.2, 0.25) is 0 Å². The van der Waals surface area contributed by atoms with Gasteiger partial charge in [-0.1, -0.05) is 6.92 Å². The van der Waals surface area contributed by atoms with Crippen LogP contribution in [-0.2, 0) is 4.79 Å². The number of carbonyl (C=O) groups excluding carboxylic acids is 1. The minimum absolute atomic E-state index is 0.112. The van der Waals surface area contributed by atoms with E-state index in [2.05, 4.69) is 18.7 Å². The van der Waals surface area contributed by atoms with E-state index in [1.807, 2.05) is 6.92 Å². The summed E-state index contributed by atoms with van der Waals surface area (Å²) in [5, 5.41) is 0. The lowest BCUT2D eigenvalue weighted by atomic mass is 9.86. The Morgan fingerprint density at radius 2 is 2.15 bits per heavy atom. The van der Waals surface area contributed by atoms with Crippen LogP contribution in [0.15, 0.2) is 11.1 Å². The second kappa shape index (κ2) is 2.60. The Morgan fingerprint density at radius 1 is 1.46 bits per heavy atom. The maximum absolute atomic E-state index is 11.8. The summed E-state index contributed by atoms with van der Waals surface area (Å²) in [6.07, 6.45) is 3.41. The third kappa shape index (κ3) is 0.862. The second-order valence-electron chi connectivity index (χ2n) is 4.20. The molecule has 0 spiro atoms. The van der Waals surface area contributed by atoms with E-state index in [1.165, 1.54) is 18.4 Å². The highest BCUT2D eigenvalue weighted by Crippen LogP contribution is 2.45. The van der Waals surface area contributed by atoms with Crippen molar-refractivity contribution in [2.75, 3.05) is 6.54 Å².